The van der Waals surface area contributed by atoms with Gasteiger partial charge in [-0.25, -0.2) is 8.78 Å². The van der Waals surface area contributed by atoms with Crippen LogP contribution in [0.15, 0.2) is 12.1 Å². The fourth-order valence-electron chi connectivity index (χ4n) is 2.35. The quantitative estimate of drug-likeness (QED) is 0.793. The van der Waals surface area contributed by atoms with Crippen LogP contribution in [0.25, 0.3) is 0 Å². The molecule has 0 atom stereocenters. The lowest BCUT2D eigenvalue weighted by molar-refractivity contribution is -0.0156. The third-order valence-electron chi connectivity index (χ3n) is 3.40. The summed E-state index contributed by atoms with van der Waals surface area (Å²) in [6.45, 7) is 6.78. The molecule has 0 unspecified atom stereocenters. The summed E-state index contributed by atoms with van der Waals surface area (Å²) in [6, 6.07) is 2.04. The Bertz CT molecular complexity index is 529. The molecule has 0 saturated carbocycles. The Balaban J connectivity index is 2.28. The molecule has 1 aliphatic heterocycles. The first kappa shape index (κ1) is 14.9. The number of halogens is 2. The highest BCUT2D eigenvalue weighted by molar-refractivity contribution is 5.94. The van der Waals surface area contributed by atoms with E-state index in [1.54, 1.807) is 4.90 Å². The Kier molecular flexibility index (Phi) is 4.09. The summed E-state index contributed by atoms with van der Waals surface area (Å²) in [5.74, 6) is -1.87. The molecule has 1 aromatic rings. The molecule has 0 bridgehead atoms. The van der Waals surface area contributed by atoms with Gasteiger partial charge >= 0.3 is 0 Å². The number of amides is 1. The summed E-state index contributed by atoms with van der Waals surface area (Å²) in [6.07, 6.45) is 0.705. The molecule has 0 radical (unpaired) electrons. The van der Waals surface area contributed by atoms with E-state index in [0.29, 0.717) is 26.1 Å². The molecule has 20 heavy (non-hydrogen) atoms. The van der Waals surface area contributed by atoms with Crippen LogP contribution in [0.1, 0.15) is 36.2 Å². The topological polar surface area (TPSA) is 29.5 Å². The summed E-state index contributed by atoms with van der Waals surface area (Å²) in [5.41, 5.74) is -0.278. The second-order valence-corrected chi connectivity index (χ2v) is 5.77. The molecule has 0 aliphatic carbocycles. The van der Waals surface area contributed by atoms with Gasteiger partial charge in [0.1, 0.15) is 11.6 Å². The Labute approximate surface area is 117 Å². The van der Waals surface area contributed by atoms with Gasteiger partial charge in [-0.05, 0) is 38.8 Å². The van der Waals surface area contributed by atoms with Crippen molar-refractivity contribution in [2.75, 3.05) is 19.7 Å². The van der Waals surface area contributed by atoms with Crippen molar-refractivity contribution in [2.24, 2.45) is 0 Å². The Morgan fingerprint density at radius 1 is 1.30 bits per heavy atom. The number of nitrogens with zero attached hydrogens (tertiary/aromatic N) is 1. The van der Waals surface area contributed by atoms with Crippen LogP contribution >= 0.6 is 0 Å². The zero-order valence-corrected chi connectivity index (χ0v) is 12.0. The van der Waals surface area contributed by atoms with E-state index >= 15 is 0 Å². The van der Waals surface area contributed by atoms with E-state index in [1.807, 2.05) is 13.8 Å². The number of benzene rings is 1. The maximum Gasteiger partial charge on any atom is 0.256 e. The van der Waals surface area contributed by atoms with Crippen LogP contribution < -0.4 is 0 Å². The van der Waals surface area contributed by atoms with Gasteiger partial charge < -0.3 is 9.64 Å². The van der Waals surface area contributed by atoms with Gasteiger partial charge in [0.15, 0.2) is 0 Å². The molecule has 3 nitrogen and oxygen atoms in total. The van der Waals surface area contributed by atoms with Gasteiger partial charge in [-0.3, -0.25) is 4.79 Å². The molecule has 110 valence electrons. The van der Waals surface area contributed by atoms with Gasteiger partial charge in [0.05, 0.1) is 11.2 Å². The predicted molar refractivity (Wildman–Crippen MR) is 71.6 cm³/mol. The number of ether oxygens (including phenoxy) is 1. The van der Waals surface area contributed by atoms with Crippen molar-refractivity contribution in [3.05, 3.63) is 34.9 Å². The molecule has 1 amide bonds. The highest BCUT2D eigenvalue weighted by Gasteiger charge is 2.30. The Morgan fingerprint density at radius 3 is 2.70 bits per heavy atom. The maximum absolute atomic E-state index is 13.8. The first-order valence-electron chi connectivity index (χ1n) is 6.69. The van der Waals surface area contributed by atoms with E-state index in [9.17, 15) is 13.6 Å². The zero-order chi connectivity index (χ0) is 14.9. The highest BCUT2D eigenvalue weighted by atomic mass is 19.1. The fourth-order valence-corrected chi connectivity index (χ4v) is 2.35. The number of carbonyl (C=O) groups is 1. The smallest absolute Gasteiger partial charge is 0.256 e. The van der Waals surface area contributed by atoms with Gasteiger partial charge in [0, 0.05) is 25.8 Å². The molecular weight excluding hydrogens is 264 g/mol. The molecule has 5 heteroatoms. The van der Waals surface area contributed by atoms with Crippen LogP contribution in [-0.2, 0) is 4.74 Å². The van der Waals surface area contributed by atoms with Gasteiger partial charge in [0.2, 0.25) is 0 Å². The summed E-state index contributed by atoms with van der Waals surface area (Å²) in [7, 11) is 0. The van der Waals surface area contributed by atoms with Gasteiger partial charge in [-0.15, -0.1) is 0 Å². The lowest BCUT2D eigenvalue weighted by Gasteiger charge is -2.29. The number of carbonyl (C=O) groups excluding carboxylic acids is 1. The first-order valence-corrected chi connectivity index (χ1v) is 6.69. The zero-order valence-electron chi connectivity index (χ0n) is 12.0. The van der Waals surface area contributed by atoms with Crippen LogP contribution in [0, 0.1) is 18.6 Å². The fraction of sp³-hybridized carbons (Fsp3) is 0.533. The second-order valence-electron chi connectivity index (χ2n) is 5.77. The van der Waals surface area contributed by atoms with E-state index < -0.39 is 23.1 Å². The first-order chi connectivity index (χ1) is 9.30. The number of rotatable bonds is 1. The van der Waals surface area contributed by atoms with Gasteiger partial charge in [-0.1, -0.05) is 0 Å². The number of aryl methyl sites for hydroxylation is 1. The van der Waals surface area contributed by atoms with Crippen molar-refractivity contribution in [1.29, 1.82) is 0 Å². The number of hydrogen-bond acceptors (Lipinski definition) is 2. The minimum atomic E-state index is -0.818. The van der Waals surface area contributed by atoms with Crippen LogP contribution in [0.4, 0.5) is 8.78 Å². The minimum Gasteiger partial charge on any atom is -0.374 e. The standard InChI is InChI=1S/C15H19F2NO2/c1-10-7-11(13(17)8-12(10)16)14(19)18-5-4-6-20-15(2,3)9-18/h7-8H,4-6,9H2,1-3H3. The number of hydrogen-bond donors (Lipinski definition) is 0. The van der Waals surface area contributed by atoms with E-state index in [2.05, 4.69) is 0 Å². The highest BCUT2D eigenvalue weighted by Crippen LogP contribution is 2.21. The van der Waals surface area contributed by atoms with Crippen molar-refractivity contribution in [3.8, 4) is 0 Å². The average molecular weight is 283 g/mol. The van der Waals surface area contributed by atoms with Gasteiger partial charge in [0.25, 0.3) is 5.91 Å². The summed E-state index contributed by atoms with van der Waals surface area (Å²) in [5, 5.41) is 0. The van der Waals surface area contributed by atoms with Crippen LogP contribution in [0.2, 0.25) is 0 Å². The molecular formula is C15H19F2NO2. The van der Waals surface area contributed by atoms with Crippen molar-refractivity contribution >= 4 is 5.91 Å². The normalized spacial score (nSPS) is 18.8. The lowest BCUT2D eigenvalue weighted by atomic mass is 10.1. The lowest BCUT2D eigenvalue weighted by Crippen LogP contribution is -2.42. The van der Waals surface area contributed by atoms with Crippen molar-refractivity contribution in [3.63, 3.8) is 0 Å². The van der Waals surface area contributed by atoms with Crippen molar-refractivity contribution in [1.82, 2.24) is 4.90 Å². The summed E-state index contributed by atoms with van der Waals surface area (Å²) in [4.78, 5) is 14.0. The SMILES string of the molecule is Cc1cc(C(=O)N2CCCOC(C)(C)C2)c(F)cc1F. The maximum atomic E-state index is 13.8. The Morgan fingerprint density at radius 2 is 2.00 bits per heavy atom. The predicted octanol–water partition coefficient (Wildman–Crippen LogP) is 2.91. The molecule has 0 aromatic heterocycles. The molecule has 1 aromatic carbocycles. The molecule has 1 aliphatic rings. The third kappa shape index (κ3) is 3.15. The minimum absolute atomic E-state index is 0.0819. The monoisotopic (exact) mass is 283 g/mol. The van der Waals surface area contributed by atoms with Crippen molar-refractivity contribution in [2.45, 2.75) is 32.8 Å². The van der Waals surface area contributed by atoms with E-state index in [4.69, 9.17) is 4.74 Å². The molecule has 0 spiro atoms. The van der Waals surface area contributed by atoms with Crippen LogP contribution in [0.5, 0.6) is 0 Å². The average Bonchev–Trinajstić information content (AvgIpc) is 2.54. The summed E-state index contributed by atoms with van der Waals surface area (Å²) < 4.78 is 32.7. The largest absolute Gasteiger partial charge is 0.374 e. The van der Waals surface area contributed by atoms with E-state index in [1.165, 1.54) is 13.0 Å². The van der Waals surface area contributed by atoms with Gasteiger partial charge in [-0.2, -0.15) is 0 Å². The molecule has 1 heterocycles. The second kappa shape index (κ2) is 5.48. The summed E-state index contributed by atoms with van der Waals surface area (Å²) >= 11 is 0. The van der Waals surface area contributed by atoms with Crippen LogP contribution in [0.3, 0.4) is 0 Å². The molecule has 0 N–H and O–H groups in total. The van der Waals surface area contributed by atoms with Crippen molar-refractivity contribution < 1.29 is 18.3 Å². The van der Waals surface area contributed by atoms with E-state index in [0.717, 1.165) is 6.07 Å². The van der Waals surface area contributed by atoms with Crippen LogP contribution in [-0.4, -0.2) is 36.1 Å². The third-order valence-corrected chi connectivity index (χ3v) is 3.40. The van der Waals surface area contributed by atoms with E-state index in [-0.39, 0.29) is 11.1 Å². The molecule has 2 rings (SSSR count). The molecule has 1 fully saturated rings. The Hall–Kier alpha value is -1.49. The molecule has 1 saturated heterocycles.